The minimum Gasteiger partial charge on any atom is -0.378 e. The molecule has 1 aromatic carbocycles. The third-order valence-electron chi connectivity index (χ3n) is 3.90. The highest BCUT2D eigenvalue weighted by Crippen LogP contribution is 2.18. The van der Waals surface area contributed by atoms with Gasteiger partial charge in [-0.15, -0.1) is 0 Å². The molecular weight excluding hydrogens is 268 g/mol. The number of ether oxygens (including phenoxy) is 1. The first-order valence-electron chi connectivity index (χ1n) is 7.45. The van der Waals surface area contributed by atoms with E-state index in [1.807, 2.05) is 6.92 Å². The van der Waals surface area contributed by atoms with E-state index in [9.17, 15) is 4.79 Å². The van der Waals surface area contributed by atoms with Crippen molar-refractivity contribution in [2.24, 2.45) is 0 Å². The van der Waals surface area contributed by atoms with Gasteiger partial charge in [0.2, 0.25) is 0 Å². The number of nitrogens with one attached hydrogen (secondary N) is 2. The highest BCUT2D eigenvalue weighted by atomic mass is 16.5. The van der Waals surface area contributed by atoms with Gasteiger partial charge in [-0.2, -0.15) is 15.4 Å². The molecule has 1 amide bonds. The Bertz CT molecular complexity index is 619. The molecule has 2 N–H and O–H groups in total. The van der Waals surface area contributed by atoms with Gasteiger partial charge in [0.05, 0.1) is 6.10 Å². The molecule has 1 aliphatic heterocycles. The predicted molar refractivity (Wildman–Crippen MR) is 79.0 cm³/mol. The van der Waals surface area contributed by atoms with Crippen LogP contribution in [0.15, 0.2) is 18.2 Å². The summed E-state index contributed by atoms with van der Waals surface area (Å²) < 4.78 is 5.60. The van der Waals surface area contributed by atoms with Crippen LogP contribution in [0.3, 0.4) is 0 Å². The molecule has 1 saturated heterocycles. The van der Waals surface area contributed by atoms with Crippen LogP contribution in [0.1, 0.15) is 43.0 Å². The molecule has 1 fully saturated rings. The Hall–Kier alpha value is -1.95. The molecule has 0 saturated carbocycles. The second kappa shape index (κ2) is 6.22. The van der Waals surface area contributed by atoms with Gasteiger partial charge in [0, 0.05) is 18.2 Å². The summed E-state index contributed by atoms with van der Waals surface area (Å²) in [5, 5.41) is 13.5. The van der Waals surface area contributed by atoms with Gasteiger partial charge >= 0.3 is 0 Å². The molecule has 3 rings (SSSR count). The van der Waals surface area contributed by atoms with Gasteiger partial charge in [-0.25, -0.2) is 0 Å². The number of carbonyl (C=O) groups excluding carboxylic acids is 1. The summed E-state index contributed by atoms with van der Waals surface area (Å²) in [6.07, 6.45) is 4.61. The Morgan fingerprint density at radius 1 is 1.48 bits per heavy atom. The average molecular weight is 288 g/mol. The fourth-order valence-electron chi connectivity index (χ4n) is 2.67. The lowest BCUT2D eigenvalue weighted by Gasteiger charge is -2.16. The van der Waals surface area contributed by atoms with Gasteiger partial charge in [0.1, 0.15) is 11.0 Å². The maximum Gasteiger partial charge on any atom is 0.251 e. The Labute approximate surface area is 123 Å². The summed E-state index contributed by atoms with van der Waals surface area (Å²) in [4.78, 5) is 12.2. The Balaban J connectivity index is 1.54. The predicted octanol–water partition coefficient (Wildman–Crippen LogP) is 2.04. The van der Waals surface area contributed by atoms with Crippen LogP contribution >= 0.6 is 0 Å². The lowest BCUT2D eigenvalue weighted by molar-refractivity contribution is 0.0899. The molecule has 0 radical (unpaired) electrons. The molecule has 1 aromatic heterocycles. The van der Waals surface area contributed by atoms with Gasteiger partial charge in [-0.1, -0.05) is 0 Å². The maximum atomic E-state index is 12.2. The van der Waals surface area contributed by atoms with E-state index in [0.29, 0.717) is 17.2 Å². The van der Waals surface area contributed by atoms with Gasteiger partial charge in [-0.05, 0) is 50.8 Å². The van der Waals surface area contributed by atoms with Crippen molar-refractivity contribution in [3.8, 4) is 0 Å². The van der Waals surface area contributed by atoms with Gasteiger partial charge in [0.15, 0.2) is 0 Å². The van der Waals surface area contributed by atoms with Crippen molar-refractivity contribution in [1.29, 1.82) is 0 Å². The zero-order valence-corrected chi connectivity index (χ0v) is 12.1. The highest BCUT2D eigenvalue weighted by molar-refractivity contribution is 5.97. The number of aromatic amines is 1. The molecule has 2 aromatic rings. The van der Waals surface area contributed by atoms with Crippen molar-refractivity contribution in [2.75, 3.05) is 6.61 Å². The Morgan fingerprint density at radius 2 is 2.33 bits per heavy atom. The SMILES string of the molecule is C[C@@H](CC[C@H]1CCCO1)NC(=O)c1ccc2n[nH]nc2c1. The van der Waals surface area contributed by atoms with Crippen molar-refractivity contribution in [3.05, 3.63) is 23.8 Å². The number of benzene rings is 1. The molecule has 2 heterocycles. The summed E-state index contributed by atoms with van der Waals surface area (Å²) in [6.45, 7) is 2.91. The average Bonchev–Trinajstić information content (AvgIpc) is 3.15. The first-order chi connectivity index (χ1) is 10.2. The molecular formula is C15H20N4O2. The molecule has 0 bridgehead atoms. The van der Waals surface area contributed by atoms with E-state index in [4.69, 9.17) is 4.74 Å². The second-order valence-corrected chi connectivity index (χ2v) is 5.61. The number of carbonyl (C=O) groups is 1. The topological polar surface area (TPSA) is 79.9 Å². The smallest absolute Gasteiger partial charge is 0.251 e. The van der Waals surface area contributed by atoms with E-state index in [-0.39, 0.29) is 11.9 Å². The number of aromatic nitrogens is 3. The van der Waals surface area contributed by atoms with Crippen molar-refractivity contribution in [3.63, 3.8) is 0 Å². The highest BCUT2D eigenvalue weighted by Gasteiger charge is 2.17. The first kappa shape index (κ1) is 14.0. The van der Waals surface area contributed by atoms with Crippen LogP contribution in [-0.4, -0.2) is 40.1 Å². The van der Waals surface area contributed by atoms with Crippen LogP contribution in [0.25, 0.3) is 11.0 Å². The molecule has 1 aliphatic rings. The van der Waals surface area contributed by atoms with Crippen molar-refractivity contribution >= 4 is 16.9 Å². The summed E-state index contributed by atoms with van der Waals surface area (Å²) in [5.41, 5.74) is 2.08. The van der Waals surface area contributed by atoms with Crippen LogP contribution in [0.4, 0.5) is 0 Å². The van der Waals surface area contributed by atoms with Crippen molar-refractivity contribution in [1.82, 2.24) is 20.7 Å². The van der Waals surface area contributed by atoms with Crippen LogP contribution in [-0.2, 0) is 4.74 Å². The summed E-state index contributed by atoms with van der Waals surface area (Å²) in [6, 6.07) is 5.45. The van der Waals surface area contributed by atoms with Crippen LogP contribution in [0, 0.1) is 0 Å². The number of H-pyrrole nitrogens is 1. The molecule has 21 heavy (non-hydrogen) atoms. The van der Waals surface area contributed by atoms with Crippen LogP contribution in [0.2, 0.25) is 0 Å². The summed E-state index contributed by atoms with van der Waals surface area (Å²) in [5.74, 6) is -0.0697. The summed E-state index contributed by atoms with van der Waals surface area (Å²) in [7, 11) is 0. The number of nitrogens with zero attached hydrogens (tertiary/aromatic N) is 2. The van der Waals surface area contributed by atoms with Gasteiger partial charge < -0.3 is 10.1 Å². The third-order valence-corrected chi connectivity index (χ3v) is 3.90. The zero-order valence-electron chi connectivity index (χ0n) is 12.1. The van der Waals surface area contributed by atoms with Gasteiger partial charge in [0.25, 0.3) is 5.91 Å². The zero-order chi connectivity index (χ0) is 14.7. The molecule has 0 unspecified atom stereocenters. The standard InChI is InChI=1S/C15H20N4O2/c1-10(4-6-12-3-2-8-21-12)16-15(20)11-5-7-13-14(9-11)18-19-17-13/h5,7,9-10,12H,2-4,6,8H2,1H3,(H,16,20)(H,17,18,19)/t10-,12+/m0/s1. The van der Waals surface area contributed by atoms with E-state index in [0.717, 1.165) is 37.8 Å². The fourth-order valence-corrected chi connectivity index (χ4v) is 2.67. The van der Waals surface area contributed by atoms with Crippen LogP contribution < -0.4 is 5.32 Å². The number of fused-ring (bicyclic) bond motifs is 1. The largest absolute Gasteiger partial charge is 0.378 e. The Kier molecular flexibility index (Phi) is 4.15. The molecule has 6 heteroatoms. The number of hydrogen-bond acceptors (Lipinski definition) is 4. The maximum absolute atomic E-state index is 12.2. The molecule has 0 spiro atoms. The van der Waals surface area contributed by atoms with E-state index >= 15 is 0 Å². The van der Waals surface area contributed by atoms with E-state index in [1.54, 1.807) is 18.2 Å². The number of amides is 1. The van der Waals surface area contributed by atoms with E-state index in [1.165, 1.54) is 0 Å². The first-order valence-corrected chi connectivity index (χ1v) is 7.45. The normalized spacial score (nSPS) is 19.8. The lowest BCUT2D eigenvalue weighted by Crippen LogP contribution is -2.33. The van der Waals surface area contributed by atoms with Crippen molar-refractivity contribution in [2.45, 2.75) is 44.8 Å². The van der Waals surface area contributed by atoms with E-state index in [2.05, 4.69) is 20.7 Å². The molecule has 2 atom stereocenters. The third kappa shape index (κ3) is 3.39. The lowest BCUT2D eigenvalue weighted by atomic mass is 10.1. The summed E-state index contributed by atoms with van der Waals surface area (Å²) >= 11 is 0. The molecule has 112 valence electrons. The molecule has 0 aliphatic carbocycles. The fraction of sp³-hybridized carbons (Fsp3) is 0.533. The number of hydrogen-bond donors (Lipinski definition) is 2. The minimum atomic E-state index is -0.0697. The molecule has 6 nitrogen and oxygen atoms in total. The minimum absolute atomic E-state index is 0.0697. The number of rotatable bonds is 5. The monoisotopic (exact) mass is 288 g/mol. The second-order valence-electron chi connectivity index (χ2n) is 5.61. The van der Waals surface area contributed by atoms with Crippen molar-refractivity contribution < 1.29 is 9.53 Å². The quantitative estimate of drug-likeness (QED) is 0.882. The van der Waals surface area contributed by atoms with Crippen LogP contribution in [0.5, 0.6) is 0 Å². The van der Waals surface area contributed by atoms with E-state index < -0.39 is 0 Å². The van der Waals surface area contributed by atoms with Gasteiger partial charge in [-0.3, -0.25) is 4.79 Å². The Morgan fingerprint density at radius 3 is 3.14 bits per heavy atom.